The minimum absolute atomic E-state index is 0.00627. The van der Waals surface area contributed by atoms with Gasteiger partial charge in [-0.1, -0.05) is 11.8 Å². The van der Waals surface area contributed by atoms with Crippen LogP contribution >= 0.6 is 11.8 Å². The Hall–Kier alpha value is -2.75. The molecule has 130 valence electrons. The van der Waals surface area contributed by atoms with Gasteiger partial charge in [-0.3, -0.25) is 14.4 Å². The second-order valence-electron chi connectivity index (χ2n) is 5.29. The van der Waals surface area contributed by atoms with Crippen LogP contribution in [0.15, 0.2) is 28.2 Å². The van der Waals surface area contributed by atoms with Crippen molar-refractivity contribution in [2.24, 2.45) is 0 Å². The molecule has 0 bridgehead atoms. The Morgan fingerprint density at radius 2 is 1.96 bits per heavy atom. The molecule has 25 heavy (non-hydrogen) atoms. The first kappa shape index (κ1) is 17.1. The number of thioether (sulfide) groups is 1. The summed E-state index contributed by atoms with van der Waals surface area (Å²) in [6, 6.07) is 2.53. The Labute approximate surface area is 144 Å². The highest BCUT2D eigenvalue weighted by atomic mass is 32.2. The molecule has 1 atom stereocenters. The Morgan fingerprint density at radius 3 is 2.60 bits per heavy atom. The standard InChI is InChI=1S/C15H12F2N4O3S/c1-25-15-20-12-11(14(24)21-15)9(5-10(22)19-12)13(23)18-8-3-6(16)2-7(17)4-8/h2-4,9H,5H2,1H3,(H,18,23)(H2,19,20,21,22,24)/t9-/m1/s1. The Balaban J connectivity index is 1.96. The summed E-state index contributed by atoms with van der Waals surface area (Å²) < 4.78 is 26.5. The minimum Gasteiger partial charge on any atom is -0.325 e. The molecule has 2 heterocycles. The topological polar surface area (TPSA) is 104 Å². The summed E-state index contributed by atoms with van der Waals surface area (Å²) in [5, 5.41) is 5.07. The largest absolute Gasteiger partial charge is 0.325 e. The highest BCUT2D eigenvalue weighted by molar-refractivity contribution is 7.98. The molecule has 1 aliphatic heterocycles. The van der Waals surface area contributed by atoms with Gasteiger partial charge < -0.3 is 15.6 Å². The van der Waals surface area contributed by atoms with Gasteiger partial charge in [-0.15, -0.1) is 0 Å². The van der Waals surface area contributed by atoms with Crippen molar-refractivity contribution in [1.82, 2.24) is 9.97 Å². The Kier molecular flexibility index (Phi) is 4.53. The molecule has 1 aliphatic rings. The highest BCUT2D eigenvalue weighted by Gasteiger charge is 2.34. The molecule has 0 spiro atoms. The number of carbonyl (C=O) groups is 2. The molecular weight excluding hydrogens is 354 g/mol. The number of benzene rings is 1. The van der Waals surface area contributed by atoms with E-state index in [0.29, 0.717) is 6.07 Å². The lowest BCUT2D eigenvalue weighted by molar-refractivity contribution is -0.123. The van der Waals surface area contributed by atoms with Crippen molar-refractivity contribution in [3.05, 3.63) is 45.8 Å². The first-order valence-electron chi connectivity index (χ1n) is 7.12. The van der Waals surface area contributed by atoms with E-state index in [-0.39, 0.29) is 28.6 Å². The van der Waals surface area contributed by atoms with Crippen molar-refractivity contribution < 1.29 is 18.4 Å². The van der Waals surface area contributed by atoms with Crippen LogP contribution in [-0.2, 0) is 9.59 Å². The summed E-state index contributed by atoms with van der Waals surface area (Å²) in [7, 11) is 0. The van der Waals surface area contributed by atoms with E-state index >= 15 is 0 Å². The van der Waals surface area contributed by atoms with E-state index in [0.717, 1.165) is 12.1 Å². The molecule has 7 nitrogen and oxygen atoms in total. The molecule has 0 saturated carbocycles. The molecule has 2 aromatic rings. The van der Waals surface area contributed by atoms with Crippen molar-refractivity contribution in [3.8, 4) is 0 Å². The fraction of sp³-hybridized carbons (Fsp3) is 0.200. The quantitative estimate of drug-likeness (QED) is 0.568. The number of fused-ring (bicyclic) bond motifs is 1. The number of nitrogens with zero attached hydrogens (tertiary/aromatic N) is 1. The summed E-state index contributed by atoms with van der Waals surface area (Å²) in [6.45, 7) is 0. The van der Waals surface area contributed by atoms with Crippen molar-refractivity contribution in [2.75, 3.05) is 16.9 Å². The molecule has 1 aromatic carbocycles. The van der Waals surface area contributed by atoms with Gasteiger partial charge in [-0.2, -0.15) is 0 Å². The number of anilines is 2. The number of nitrogens with one attached hydrogen (secondary N) is 3. The zero-order chi connectivity index (χ0) is 18.1. The minimum atomic E-state index is -1.12. The number of halogens is 2. The van der Waals surface area contributed by atoms with E-state index in [1.807, 2.05) is 0 Å². The van der Waals surface area contributed by atoms with Crippen molar-refractivity contribution in [1.29, 1.82) is 0 Å². The number of amides is 2. The van der Waals surface area contributed by atoms with Crippen LogP contribution in [0.3, 0.4) is 0 Å². The lowest BCUT2D eigenvalue weighted by Gasteiger charge is -2.23. The van der Waals surface area contributed by atoms with E-state index < -0.39 is 34.9 Å². The third-order valence-corrected chi connectivity index (χ3v) is 4.15. The third kappa shape index (κ3) is 3.53. The van der Waals surface area contributed by atoms with Crippen molar-refractivity contribution in [2.45, 2.75) is 17.5 Å². The molecule has 3 rings (SSSR count). The van der Waals surface area contributed by atoms with Gasteiger partial charge in [0.1, 0.15) is 17.5 Å². The first-order chi connectivity index (χ1) is 11.9. The van der Waals surface area contributed by atoms with Crippen LogP contribution in [0.25, 0.3) is 0 Å². The average molecular weight is 366 g/mol. The lowest BCUT2D eigenvalue weighted by atomic mass is 9.92. The number of H-pyrrole nitrogens is 1. The van der Waals surface area contributed by atoms with Gasteiger partial charge in [0.25, 0.3) is 5.56 Å². The van der Waals surface area contributed by atoms with Gasteiger partial charge in [0.05, 0.1) is 11.5 Å². The highest BCUT2D eigenvalue weighted by Crippen LogP contribution is 2.30. The number of aromatic nitrogens is 2. The number of aromatic amines is 1. The molecule has 0 radical (unpaired) electrons. The lowest BCUT2D eigenvalue weighted by Crippen LogP contribution is -2.36. The summed E-state index contributed by atoms with van der Waals surface area (Å²) in [5.74, 6) is -4.05. The second kappa shape index (κ2) is 6.63. The molecule has 0 fully saturated rings. The number of hydrogen-bond acceptors (Lipinski definition) is 5. The predicted molar refractivity (Wildman–Crippen MR) is 87.6 cm³/mol. The summed E-state index contributed by atoms with van der Waals surface area (Å²) in [5.41, 5.74) is -0.660. The SMILES string of the molecule is CSc1nc2c(c(=O)[nH]1)[C@H](C(=O)Nc1cc(F)cc(F)c1)CC(=O)N2. The fourth-order valence-corrected chi connectivity index (χ4v) is 2.90. The monoisotopic (exact) mass is 366 g/mol. The Bertz CT molecular complexity index is 911. The van der Waals surface area contributed by atoms with E-state index in [9.17, 15) is 23.2 Å². The van der Waals surface area contributed by atoms with Gasteiger partial charge in [0, 0.05) is 18.2 Å². The van der Waals surface area contributed by atoms with Crippen molar-refractivity contribution >= 4 is 35.1 Å². The maximum Gasteiger partial charge on any atom is 0.257 e. The van der Waals surface area contributed by atoms with Crippen LogP contribution in [0.4, 0.5) is 20.3 Å². The summed E-state index contributed by atoms with van der Waals surface area (Å²) in [4.78, 5) is 43.2. The third-order valence-electron chi connectivity index (χ3n) is 3.57. The fourth-order valence-electron chi connectivity index (χ4n) is 2.53. The molecule has 3 N–H and O–H groups in total. The van der Waals surface area contributed by atoms with Crippen LogP contribution in [-0.4, -0.2) is 28.0 Å². The number of hydrogen-bond donors (Lipinski definition) is 3. The summed E-state index contributed by atoms with van der Waals surface area (Å²) in [6.07, 6.45) is 1.41. The summed E-state index contributed by atoms with van der Waals surface area (Å²) >= 11 is 1.17. The van der Waals surface area contributed by atoms with Gasteiger partial charge in [-0.05, 0) is 18.4 Å². The number of rotatable bonds is 3. The predicted octanol–water partition coefficient (Wildman–Crippen LogP) is 1.83. The number of carbonyl (C=O) groups excluding carboxylic acids is 2. The molecule has 0 unspecified atom stereocenters. The molecule has 0 aliphatic carbocycles. The van der Waals surface area contributed by atoms with Crippen LogP contribution in [0.2, 0.25) is 0 Å². The normalized spacial score (nSPS) is 16.1. The van der Waals surface area contributed by atoms with E-state index in [4.69, 9.17) is 0 Å². The first-order valence-corrected chi connectivity index (χ1v) is 8.35. The van der Waals surface area contributed by atoms with Crippen LogP contribution in [0.1, 0.15) is 17.9 Å². The van der Waals surface area contributed by atoms with Gasteiger partial charge in [-0.25, -0.2) is 13.8 Å². The molecular formula is C15H12F2N4O3S. The zero-order valence-electron chi connectivity index (χ0n) is 12.9. The van der Waals surface area contributed by atoms with E-state index in [1.54, 1.807) is 6.26 Å². The van der Waals surface area contributed by atoms with Crippen LogP contribution < -0.4 is 16.2 Å². The van der Waals surface area contributed by atoms with Gasteiger partial charge in [0.15, 0.2) is 5.16 Å². The van der Waals surface area contributed by atoms with E-state index in [2.05, 4.69) is 20.6 Å². The molecule has 2 amide bonds. The average Bonchev–Trinajstić information content (AvgIpc) is 2.52. The van der Waals surface area contributed by atoms with Gasteiger partial charge >= 0.3 is 0 Å². The Morgan fingerprint density at radius 1 is 1.28 bits per heavy atom. The molecule has 10 heteroatoms. The zero-order valence-corrected chi connectivity index (χ0v) is 13.7. The van der Waals surface area contributed by atoms with Crippen LogP contribution in [0, 0.1) is 11.6 Å². The van der Waals surface area contributed by atoms with Crippen molar-refractivity contribution in [3.63, 3.8) is 0 Å². The van der Waals surface area contributed by atoms with E-state index in [1.165, 1.54) is 11.8 Å². The maximum atomic E-state index is 13.2. The smallest absolute Gasteiger partial charge is 0.257 e. The molecule has 0 saturated heterocycles. The van der Waals surface area contributed by atoms with Crippen LogP contribution in [0.5, 0.6) is 0 Å². The molecule has 1 aromatic heterocycles. The maximum absolute atomic E-state index is 13.2. The second-order valence-corrected chi connectivity index (χ2v) is 6.08. The van der Waals surface area contributed by atoms with Gasteiger partial charge in [0.2, 0.25) is 11.8 Å².